The normalized spacial score (nSPS) is 13.7. The van der Waals surface area contributed by atoms with Crippen LogP contribution >= 0.6 is 0 Å². The van der Waals surface area contributed by atoms with Crippen LogP contribution in [0.3, 0.4) is 0 Å². The van der Waals surface area contributed by atoms with E-state index < -0.39 is 0 Å². The number of hydrogen-bond acceptors (Lipinski definition) is 2. The van der Waals surface area contributed by atoms with Crippen LogP contribution in [0, 0.1) is 11.3 Å². The second-order valence-corrected chi connectivity index (χ2v) is 4.70. The zero-order valence-electron chi connectivity index (χ0n) is 10.2. The molecule has 1 aromatic carbocycles. The minimum atomic E-state index is 0.691. The summed E-state index contributed by atoms with van der Waals surface area (Å²) in [6, 6.07) is 14.1. The Kier molecular flexibility index (Phi) is 2.82. The zero-order chi connectivity index (χ0) is 12.4. The third kappa shape index (κ3) is 2.00. The average molecular weight is 234 g/mol. The highest BCUT2D eigenvalue weighted by molar-refractivity contribution is 5.60. The predicted molar refractivity (Wildman–Crippen MR) is 71.0 cm³/mol. The van der Waals surface area contributed by atoms with Crippen molar-refractivity contribution in [1.29, 1.82) is 5.26 Å². The summed E-state index contributed by atoms with van der Waals surface area (Å²) in [6.07, 6.45) is 4.79. The highest BCUT2D eigenvalue weighted by atomic mass is 14.7. The molecule has 18 heavy (non-hydrogen) atoms. The average Bonchev–Trinajstić information content (AvgIpc) is 2.47. The molecule has 0 saturated carbocycles. The van der Waals surface area contributed by atoms with E-state index >= 15 is 0 Å². The van der Waals surface area contributed by atoms with Crippen molar-refractivity contribution in [2.24, 2.45) is 0 Å². The maximum Gasteiger partial charge on any atom is 0.0991 e. The fourth-order valence-corrected chi connectivity index (χ4v) is 2.46. The molecule has 1 aromatic heterocycles. The third-order valence-corrected chi connectivity index (χ3v) is 3.49. The predicted octanol–water partition coefficient (Wildman–Crippen LogP) is 3.50. The highest BCUT2D eigenvalue weighted by Gasteiger charge is 2.11. The Bertz CT molecular complexity index is 606. The van der Waals surface area contributed by atoms with E-state index in [0.29, 0.717) is 5.56 Å². The summed E-state index contributed by atoms with van der Waals surface area (Å²) in [5.74, 6) is 0. The van der Waals surface area contributed by atoms with Gasteiger partial charge in [0, 0.05) is 11.3 Å². The molecule has 0 saturated heterocycles. The van der Waals surface area contributed by atoms with E-state index in [4.69, 9.17) is 10.2 Å². The lowest BCUT2D eigenvalue weighted by Crippen LogP contribution is -2.05. The molecule has 2 aromatic rings. The van der Waals surface area contributed by atoms with Gasteiger partial charge in [0.25, 0.3) is 0 Å². The molecule has 0 fully saturated rings. The van der Waals surface area contributed by atoms with E-state index in [9.17, 15) is 0 Å². The number of nitrogens with zero attached hydrogens (tertiary/aromatic N) is 2. The first-order chi connectivity index (χ1) is 8.86. The number of aryl methyl sites for hydroxylation is 2. The Morgan fingerprint density at radius 1 is 0.944 bits per heavy atom. The van der Waals surface area contributed by atoms with Gasteiger partial charge in [-0.25, -0.2) is 0 Å². The van der Waals surface area contributed by atoms with Crippen LogP contribution in [0.2, 0.25) is 0 Å². The molecular formula is C16H14N2. The van der Waals surface area contributed by atoms with Gasteiger partial charge in [0.05, 0.1) is 17.3 Å². The van der Waals surface area contributed by atoms with Crippen LogP contribution in [0.1, 0.15) is 29.7 Å². The van der Waals surface area contributed by atoms with Crippen LogP contribution in [0.4, 0.5) is 0 Å². The van der Waals surface area contributed by atoms with Gasteiger partial charge in [-0.2, -0.15) is 5.26 Å². The van der Waals surface area contributed by atoms with Crippen molar-refractivity contribution >= 4 is 0 Å². The maximum absolute atomic E-state index is 8.79. The van der Waals surface area contributed by atoms with Crippen molar-refractivity contribution in [2.75, 3.05) is 0 Å². The van der Waals surface area contributed by atoms with Gasteiger partial charge in [-0.1, -0.05) is 18.2 Å². The molecule has 1 aliphatic rings. The summed E-state index contributed by atoms with van der Waals surface area (Å²) in [7, 11) is 0. The van der Waals surface area contributed by atoms with Crippen molar-refractivity contribution in [3.63, 3.8) is 0 Å². The van der Waals surface area contributed by atoms with Gasteiger partial charge >= 0.3 is 0 Å². The summed E-state index contributed by atoms with van der Waals surface area (Å²) in [5, 5.41) is 8.79. The van der Waals surface area contributed by atoms with E-state index in [1.165, 1.54) is 24.1 Å². The van der Waals surface area contributed by atoms with Gasteiger partial charge in [0.1, 0.15) is 0 Å². The smallest absolute Gasteiger partial charge is 0.0991 e. The van der Waals surface area contributed by atoms with Gasteiger partial charge in [0.2, 0.25) is 0 Å². The lowest BCUT2D eigenvalue weighted by Gasteiger charge is -2.15. The Morgan fingerprint density at radius 2 is 1.72 bits per heavy atom. The summed E-state index contributed by atoms with van der Waals surface area (Å²) < 4.78 is 0. The minimum Gasteiger partial charge on any atom is -0.253 e. The highest BCUT2D eigenvalue weighted by Crippen LogP contribution is 2.24. The summed E-state index contributed by atoms with van der Waals surface area (Å²) in [4.78, 5) is 4.76. The summed E-state index contributed by atoms with van der Waals surface area (Å²) in [5.41, 5.74) is 5.45. The van der Waals surface area contributed by atoms with Crippen LogP contribution in [-0.2, 0) is 12.8 Å². The largest absolute Gasteiger partial charge is 0.253 e. The second kappa shape index (κ2) is 4.62. The van der Waals surface area contributed by atoms with Gasteiger partial charge < -0.3 is 0 Å². The topological polar surface area (TPSA) is 36.7 Å². The Balaban J connectivity index is 1.98. The molecule has 0 unspecified atom stereocenters. The van der Waals surface area contributed by atoms with Crippen molar-refractivity contribution in [3.05, 3.63) is 53.2 Å². The molecule has 2 heteroatoms. The first-order valence-corrected chi connectivity index (χ1v) is 6.36. The van der Waals surface area contributed by atoms with E-state index in [1.807, 2.05) is 24.3 Å². The lowest BCUT2D eigenvalue weighted by atomic mass is 9.95. The third-order valence-electron chi connectivity index (χ3n) is 3.49. The molecule has 88 valence electrons. The molecule has 0 atom stereocenters. The van der Waals surface area contributed by atoms with Crippen molar-refractivity contribution in [1.82, 2.24) is 4.98 Å². The Labute approximate surface area is 107 Å². The minimum absolute atomic E-state index is 0.691. The monoisotopic (exact) mass is 234 g/mol. The molecule has 0 spiro atoms. The molecule has 3 rings (SSSR count). The number of pyridine rings is 1. The van der Waals surface area contributed by atoms with Crippen LogP contribution < -0.4 is 0 Å². The van der Waals surface area contributed by atoms with Crippen LogP contribution in [0.25, 0.3) is 11.3 Å². The number of rotatable bonds is 1. The molecule has 1 aliphatic carbocycles. The summed E-state index contributed by atoms with van der Waals surface area (Å²) in [6.45, 7) is 0. The number of nitriles is 1. The van der Waals surface area contributed by atoms with Crippen LogP contribution in [0.15, 0.2) is 36.4 Å². The van der Waals surface area contributed by atoms with Crippen LogP contribution in [-0.4, -0.2) is 4.98 Å². The number of benzene rings is 1. The summed E-state index contributed by atoms with van der Waals surface area (Å²) >= 11 is 0. The molecule has 1 heterocycles. The molecule has 0 aliphatic heterocycles. The van der Waals surface area contributed by atoms with Gasteiger partial charge in [-0.05, 0) is 49.4 Å². The molecule has 0 amide bonds. The van der Waals surface area contributed by atoms with E-state index in [2.05, 4.69) is 18.2 Å². The number of hydrogen-bond donors (Lipinski definition) is 0. The number of aromatic nitrogens is 1. The SMILES string of the molecule is N#Cc1ccc(-c2ccc3c(n2)CCCC3)cc1. The molecule has 0 N–H and O–H groups in total. The fourth-order valence-electron chi connectivity index (χ4n) is 2.46. The van der Waals surface area contributed by atoms with Crippen LogP contribution in [0.5, 0.6) is 0 Å². The molecule has 0 radical (unpaired) electrons. The first-order valence-electron chi connectivity index (χ1n) is 6.36. The number of fused-ring (bicyclic) bond motifs is 1. The van der Waals surface area contributed by atoms with Crippen molar-refractivity contribution < 1.29 is 0 Å². The lowest BCUT2D eigenvalue weighted by molar-refractivity contribution is 0.668. The molecule has 2 nitrogen and oxygen atoms in total. The van der Waals surface area contributed by atoms with E-state index in [1.54, 1.807) is 0 Å². The quantitative estimate of drug-likeness (QED) is 0.757. The molecular weight excluding hydrogens is 220 g/mol. The van der Waals surface area contributed by atoms with Gasteiger partial charge in [-0.15, -0.1) is 0 Å². The van der Waals surface area contributed by atoms with Crippen molar-refractivity contribution in [3.8, 4) is 17.3 Å². The van der Waals surface area contributed by atoms with E-state index in [0.717, 1.165) is 24.1 Å². The van der Waals surface area contributed by atoms with E-state index in [-0.39, 0.29) is 0 Å². The maximum atomic E-state index is 8.79. The van der Waals surface area contributed by atoms with Gasteiger partial charge in [-0.3, -0.25) is 4.98 Å². The standard InChI is InChI=1S/C16H14N2/c17-11-12-5-7-14(8-6-12)16-10-9-13-3-1-2-4-15(13)18-16/h5-10H,1-4H2. The second-order valence-electron chi connectivity index (χ2n) is 4.70. The first kappa shape index (κ1) is 11.0. The zero-order valence-corrected chi connectivity index (χ0v) is 10.2. The van der Waals surface area contributed by atoms with Crippen molar-refractivity contribution in [2.45, 2.75) is 25.7 Å². The van der Waals surface area contributed by atoms with Gasteiger partial charge in [0.15, 0.2) is 0 Å². The molecule has 0 bridgehead atoms. The Hall–Kier alpha value is -2.14. The Morgan fingerprint density at radius 3 is 2.50 bits per heavy atom. The fraction of sp³-hybridized carbons (Fsp3) is 0.250.